The fraction of sp³-hybridized carbons (Fsp3) is 0.435. The number of nitrogens with one attached hydrogen (secondary N) is 1. The van der Waals surface area contributed by atoms with Crippen LogP contribution in [0, 0.1) is 6.92 Å². The van der Waals surface area contributed by atoms with Gasteiger partial charge in [0.25, 0.3) is 0 Å². The van der Waals surface area contributed by atoms with E-state index in [-0.39, 0.29) is 28.3 Å². The van der Waals surface area contributed by atoms with Gasteiger partial charge in [-0.15, -0.1) is 0 Å². The molecule has 3 atom stereocenters. The molecule has 0 aliphatic heterocycles. The summed E-state index contributed by atoms with van der Waals surface area (Å²) in [5.41, 5.74) is 1.28. The molecule has 1 heterocycles. The zero-order chi connectivity index (χ0) is 23.0. The quantitative estimate of drug-likeness (QED) is 0.419. The van der Waals surface area contributed by atoms with Crippen molar-refractivity contribution in [1.29, 1.82) is 0 Å². The SMILES string of the molecule is CCC[C@@H](Oc1ccc(C)cc1)[C@H](C)OC(=O)[C@H](C)NC(=S)c1nccc(OC)c1O. The van der Waals surface area contributed by atoms with Gasteiger partial charge in [-0.25, -0.2) is 9.78 Å². The predicted molar refractivity (Wildman–Crippen MR) is 123 cm³/mol. The van der Waals surface area contributed by atoms with Gasteiger partial charge in [0, 0.05) is 12.3 Å². The third kappa shape index (κ3) is 6.82. The molecule has 0 spiro atoms. The first-order valence-corrected chi connectivity index (χ1v) is 10.6. The van der Waals surface area contributed by atoms with Crippen molar-refractivity contribution < 1.29 is 24.1 Å². The molecule has 0 aliphatic rings. The van der Waals surface area contributed by atoms with Gasteiger partial charge in [-0.2, -0.15) is 0 Å². The van der Waals surface area contributed by atoms with Crippen LogP contribution in [0.1, 0.15) is 44.9 Å². The van der Waals surface area contributed by atoms with E-state index in [0.29, 0.717) is 0 Å². The molecule has 0 fully saturated rings. The number of hydrogen-bond donors (Lipinski definition) is 2. The molecule has 0 aliphatic carbocycles. The molecule has 0 saturated heterocycles. The number of thiocarbonyl (C=S) groups is 1. The van der Waals surface area contributed by atoms with Crippen molar-refractivity contribution in [3.05, 3.63) is 47.8 Å². The number of aromatic nitrogens is 1. The summed E-state index contributed by atoms with van der Waals surface area (Å²) in [4.78, 5) is 16.8. The first-order chi connectivity index (χ1) is 14.8. The number of ether oxygens (including phenoxy) is 3. The highest BCUT2D eigenvalue weighted by Crippen LogP contribution is 2.27. The Kier molecular flexibility index (Phi) is 9.05. The molecule has 7 nitrogen and oxygen atoms in total. The summed E-state index contributed by atoms with van der Waals surface area (Å²) in [6, 6.07) is 8.53. The van der Waals surface area contributed by atoms with Crippen LogP contribution in [0.15, 0.2) is 36.5 Å². The maximum absolute atomic E-state index is 12.6. The standard InChI is InChI=1S/C23H30N2O5S/c1-6-7-18(30-17-10-8-14(2)9-11-17)16(4)29-23(27)15(3)25-22(31)20-21(26)19(28-5)12-13-24-20/h8-13,15-16,18,26H,6-7H2,1-5H3,(H,25,31)/t15-,16-,18+/m0/s1. The van der Waals surface area contributed by atoms with Gasteiger partial charge in [-0.3, -0.25) is 0 Å². The lowest BCUT2D eigenvalue weighted by Gasteiger charge is -2.26. The van der Waals surface area contributed by atoms with Crippen molar-refractivity contribution in [2.45, 2.75) is 58.8 Å². The molecular weight excluding hydrogens is 416 g/mol. The molecule has 2 aromatic rings. The number of esters is 1. The van der Waals surface area contributed by atoms with Crippen LogP contribution in [0.25, 0.3) is 0 Å². The van der Waals surface area contributed by atoms with E-state index in [1.807, 2.05) is 38.1 Å². The van der Waals surface area contributed by atoms with E-state index in [0.717, 1.165) is 24.2 Å². The summed E-state index contributed by atoms with van der Waals surface area (Å²) in [5, 5.41) is 13.1. The lowest BCUT2D eigenvalue weighted by Crippen LogP contribution is -2.43. The largest absolute Gasteiger partial charge is 0.503 e. The molecule has 8 heteroatoms. The molecular formula is C23H30N2O5S. The fourth-order valence-corrected chi connectivity index (χ4v) is 3.24. The summed E-state index contributed by atoms with van der Waals surface area (Å²) in [6.45, 7) is 7.51. The van der Waals surface area contributed by atoms with E-state index in [4.69, 9.17) is 26.4 Å². The first kappa shape index (κ1) is 24.4. The first-order valence-electron chi connectivity index (χ1n) is 10.2. The van der Waals surface area contributed by atoms with Crippen molar-refractivity contribution in [2.24, 2.45) is 0 Å². The number of carbonyl (C=O) groups is 1. The van der Waals surface area contributed by atoms with Gasteiger partial charge < -0.3 is 24.6 Å². The monoisotopic (exact) mass is 446 g/mol. The smallest absolute Gasteiger partial charge is 0.328 e. The molecule has 0 radical (unpaired) electrons. The van der Waals surface area contributed by atoms with E-state index in [1.165, 1.54) is 19.4 Å². The molecule has 2 rings (SSSR count). The second-order valence-corrected chi connectivity index (χ2v) is 7.71. The van der Waals surface area contributed by atoms with Crippen molar-refractivity contribution in [3.63, 3.8) is 0 Å². The van der Waals surface area contributed by atoms with Crippen molar-refractivity contribution >= 4 is 23.2 Å². The maximum Gasteiger partial charge on any atom is 0.328 e. The lowest BCUT2D eigenvalue weighted by molar-refractivity contribution is -0.154. The molecule has 0 bridgehead atoms. The highest BCUT2D eigenvalue weighted by molar-refractivity contribution is 7.80. The Morgan fingerprint density at radius 3 is 2.52 bits per heavy atom. The summed E-state index contributed by atoms with van der Waals surface area (Å²) < 4.78 is 16.8. The second kappa shape index (κ2) is 11.5. The zero-order valence-electron chi connectivity index (χ0n) is 18.5. The van der Waals surface area contributed by atoms with Gasteiger partial charge >= 0.3 is 5.97 Å². The second-order valence-electron chi connectivity index (χ2n) is 7.31. The van der Waals surface area contributed by atoms with E-state index in [1.54, 1.807) is 6.92 Å². The Morgan fingerprint density at radius 2 is 1.90 bits per heavy atom. The Morgan fingerprint density at radius 1 is 1.23 bits per heavy atom. The van der Waals surface area contributed by atoms with Crippen LogP contribution >= 0.6 is 12.2 Å². The van der Waals surface area contributed by atoms with Crippen LogP contribution in [0.4, 0.5) is 0 Å². The van der Waals surface area contributed by atoms with Crippen molar-refractivity contribution in [1.82, 2.24) is 10.3 Å². The molecule has 0 unspecified atom stereocenters. The summed E-state index contributed by atoms with van der Waals surface area (Å²) in [6.07, 6.45) is 2.35. The molecule has 1 aromatic heterocycles. The number of hydrogen-bond acceptors (Lipinski definition) is 7. The summed E-state index contributed by atoms with van der Waals surface area (Å²) in [5.74, 6) is 0.310. The van der Waals surface area contributed by atoms with Gasteiger partial charge in [0.2, 0.25) is 0 Å². The minimum absolute atomic E-state index is 0.120. The van der Waals surface area contributed by atoms with E-state index in [2.05, 4.69) is 17.2 Å². The van der Waals surface area contributed by atoms with Crippen LogP contribution in [0.3, 0.4) is 0 Å². The number of aryl methyl sites for hydroxylation is 1. The maximum atomic E-state index is 12.6. The molecule has 31 heavy (non-hydrogen) atoms. The molecule has 0 amide bonds. The van der Waals surface area contributed by atoms with Crippen LogP contribution in [-0.2, 0) is 9.53 Å². The Hall–Kier alpha value is -2.87. The average molecular weight is 447 g/mol. The number of carbonyl (C=O) groups excluding carboxylic acids is 1. The highest BCUT2D eigenvalue weighted by atomic mass is 32.1. The Balaban J connectivity index is 1.99. The van der Waals surface area contributed by atoms with E-state index >= 15 is 0 Å². The van der Waals surface area contributed by atoms with E-state index in [9.17, 15) is 9.90 Å². The van der Waals surface area contributed by atoms with Crippen molar-refractivity contribution in [3.8, 4) is 17.2 Å². The number of rotatable bonds is 10. The number of aromatic hydroxyl groups is 1. The number of pyridine rings is 1. The molecule has 0 saturated carbocycles. The van der Waals surface area contributed by atoms with Crippen LogP contribution in [0.5, 0.6) is 17.2 Å². The molecule has 168 valence electrons. The van der Waals surface area contributed by atoms with Gasteiger partial charge in [0.15, 0.2) is 11.5 Å². The Bertz CT molecular complexity index is 888. The minimum Gasteiger partial charge on any atom is -0.503 e. The molecule has 1 aromatic carbocycles. The van der Waals surface area contributed by atoms with Gasteiger partial charge in [0.05, 0.1) is 7.11 Å². The topological polar surface area (TPSA) is 89.9 Å². The lowest BCUT2D eigenvalue weighted by atomic mass is 10.1. The van der Waals surface area contributed by atoms with Gasteiger partial charge in [-0.1, -0.05) is 43.3 Å². The predicted octanol–water partition coefficient (Wildman–Crippen LogP) is 3.94. The fourth-order valence-electron chi connectivity index (χ4n) is 2.92. The average Bonchev–Trinajstić information content (AvgIpc) is 2.74. The number of benzene rings is 1. The molecule has 2 N–H and O–H groups in total. The Labute approximate surface area is 188 Å². The third-order valence-corrected chi connectivity index (χ3v) is 5.04. The normalized spacial score (nSPS) is 13.6. The third-order valence-electron chi connectivity index (χ3n) is 4.73. The summed E-state index contributed by atoms with van der Waals surface area (Å²) >= 11 is 5.29. The summed E-state index contributed by atoms with van der Waals surface area (Å²) in [7, 11) is 1.43. The minimum atomic E-state index is -0.746. The van der Waals surface area contributed by atoms with Crippen LogP contribution in [0.2, 0.25) is 0 Å². The zero-order valence-corrected chi connectivity index (χ0v) is 19.4. The van der Waals surface area contributed by atoms with Crippen LogP contribution < -0.4 is 14.8 Å². The van der Waals surface area contributed by atoms with Crippen molar-refractivity contribution in [2.75, 3.05) is 7.11 Å². The highest BCUT2D eigenvalue weighted by Gasteiger charge is 2.26. The van der Waals surface area contributed by atoms with Crippen LogP contribution in [-0.4, -0.2) is 46.4 Å². The van der Waals surface area contributed by atoms with Gasteiger partial charge in [-0.05, 0) is 39.3 Å². The number of methoxy groups -OCH3 is 1. The number of nitrogens with zero attached hydrogens (tertiary/aromatic N) is 1. The van der Waals surface area contributed by atoms with Gasteiger partial charge in [0.1, 0.15) is 34.7 Å². The van der Waals surface area contributed by atoms with E-state index < -0.39 is 18.1 Å².